The molecule has 104 valence electrons. The number of aryl methyl sites for hydroxylation is 2. The van der Waals surface area contributed by atoms with Crippen LogP contribution in [0.5, 0.6) is 0 Å². The van der Waals surface area contributed by atoms with Crippen LogP contribution >= 0.6 is 0 Å². The average Bonchev–Trinajstić information content (AvgIpc) is 2.53. The van der Waals surface area contributed by atoms with E-state index in [0.29, 0.717) is 0 Å². The predicted molar refractivity (Wildman–Crippen MR) is 80.1 cm³/mol. The first-order chi connectivity index (χ1) is 8.45. The largest absolute Gasteiger partial charge is 0.352 e. The van der Waals surface area contributed by atoms with Gasteiger partial charge < -0.3 is 9.88 Å². The molecule has 2 heterocycles. The Kier molecular flexibility index (Phi) is 5.94. The van der Waals surface area contributed by atoms with Gasteiger partial charge in [-0.25, -0.2) is 0 Å². The van der Waals surface area contributed by atoms with Crippen molar-refractivity contribution >= 4 is 0 Å². The maximum atomic E-state index is 3.38. The highest BCUT2D eigenvalue weighted by molar-refractivity contribution is 5.25. The molecule has 2 unspecified atom stereocenters. The third-order valence-electron chi connectivity index (χ3n) is 3.94. The van der Waals surface area contributed by atoms with Crippen molar-refractivity contribution < 1.29 is 0 Å². The minimum atomic E-state index is 0.902. The summed E-state index contributed by atoms with van der Waals surface area (Å²) in [5.74, 6) is 1.80. The van der Waals surface area contributed by atoms with E-state index in [1.165, 1.54) is 36.5 Å². The first-order valence-electron chi connectivity index (χ1n) is 7.28. The molecular weight excluding hydrogens is 220 g/mol. The van der Waals surface area contributed by atoms with E-state index >= 15 is 0 Å². The summed E-state index contributed by atoms with van der Waals surface area (Å²) in [6, 6.07) is 2.23. The molecule has 0 bridgehead atoms. The molecule has 1 saturated heterocycles. The fourth-order valence-electron chi connectivity index (χ4n) is 2.92. The van der Waals surface area contributed by atoms with Gasteiger partial charge in [-0.15, -0.1) is 0 Å². The van der Waals surface area contributed by atoms with Crippen molar-refractivity contribution in [2.75, 3.05) is 13.1 Å². The van der Waals surface area contributed by atoms with Crippen molar-refractivity contribution in [3.8, 4) is 0 Å². The zero-order chi connectivity index (χ0) is 13.7. The summed E-state index contributed by atoms with van der Waals surface area (Å²) in [7, 11) is 2.13. The number of aromatic nitrogens is 1. The normalized spacial score (nSPS) is 23.4. The Balaban J connectivity index is 0.000000184. The monoisotopic (exact) mass is 250 g/mol. The summed E-state index contributed by atoms with van der Waals surface area (Å²) in [4.78, 5) is 0. The van der Waals surface area contributed by atoms with Crippen LogP contribution in [0.25, 0.3) is 0 Å². The van der Waals surface area contributed by atoms with Crippen molar-refractivity contribution in [3.05, 3.63) is 23.0 Å². The molecule has 0 aliphatic carbocycles. The van der Waals surface area contributed by atoms with Gasteiger partial charge >= 0.3 is 0 Å². The van der Waals surface area contributed by atoms with Gasteiger partial charge in [0.25, 0.3) is 0 Å². The van der Waals surface area contributed by atoms with Crippen LogP contribution in [0.3, 0.4) is 0 Å². The van der Waals surface area contributed by atoms with Gasteiger partial charge in [-0.2, -0.15) is 0 Å². The number of nitrogens with zero attached hydrogens (tertiary/aromatic N) is 1. The van der Waals surface area contributed by atoms with E-state index in [-0.39, 0.29) is 0 Å². The Morgan fingerprint density at radius 1 is 1.22 bits per heavy atom. The van der Waals surface area contributed by atoms with Crippen LogP contribution in [0.1, 0.15) is 44.1 Å². The Bertz CT molecular complexity index is 357. The molecule has 2 nitrogen and oxygen atoms in total. The fourth-order valence-corrected chi connectivity index (χ4v) is 2.92. The summed E-state index contributed by atoms with van der Waals surface area (Å²) < 4.78 is 2.26. The molecule has 2 rings (SSSR count). The van der Waals surface area contributed by atoms with Crippen LogP contribution in [-0.4, -0.2) is 17.7 Å². The molecule has 0 radical (unpaired) electrons. The highest BCUT2D eigenvalue weighted by Crippen LogP contribution is 2.14. The number of nitrogens with one attached hydrogen (secondary N) is 1. The van der Waals surface area contributed by atoms with Crippen LogP contribution in [0, 0.1) is 25.7 Å². The van der Waals surface area contributed by atoms with E-state index in [2.05, 4.69) is 57.6 Å². The zero-order valence-corrected chi connectivity index (χ0v) is 13.0. The molecule has 0 saturated carbocycles. The SMILES string of the molecule is CC1CNCC(C)C1.CCc1c(C)cc(C)n1C. The molecule has 1 fully saturated rings. The molecule has 1 aliphatic rings. The van der Waals surface area contributed by atoms with Gasteiger partial charge in [0.2, 0.25) is 0 Å². The smallest absolute Gasteiger partial charge is 0.0200 e. The Morgan fingerprint density at radius 3 is 2.00 bits per heavy atom. The van der Waals surface area contributed by atoms with Crippen molar-refractivity contribution in [3.63, 3.8) is 0 Å². The second-order valence-electron chi connectivity index (χ2n) is 5.93. The Hall–Kier alpha value is -0.760. The molecule has 18 heavy (non-hydrogen) atoms. The van der Waals surface area contributed by atoms with Crippen LogP contribution in [0.2, 0.25) is 0 Å². The van der Waals surface area contributed by atoms with Crippen LogP contribution in [-0.2, 0) is 13.5 Å². The highest BCUT2D eigenvalue weighted by Gasteiger charge is 2.12. The van der Waals surface area contributed by atoms with E-state index in [1.54, 1.807) is 0 Å². The Morgan fingerprint density at radius 2 is 1.78 bits per heavy atom. The zero-order valence-electron chi connectivity index (χ0n) is 13.0. The maximum Gasteiger partial charge on any atom is 0.0200 e. The van der Waals surface area contributed by atoms with E-state index in [0.717, 1.165) is 18.3 Å². The molecule has 1 aliphatic heterocycles. The summed E-state index contributed by atoms with van der Waals surface area (Å²) >= 11 is 0. The number of hydrogen-bond donors (Lipinski definition) is 1. The molecule has 1 aromatic rings. The van der Waals surface area contributed by atoms with Crippen LogP contribution < -0.4 is 5.32 Å². The minimum absolute atomic E-state index is 0.902. The summed E-state index contributed by atoms with van der Waals surface area (Å²) in [5, 5.41) is 3.38. The Labute approximate surface area is 113 Å². The van der Waals surface area contributed by atoms with Gasteiger partial charge in [0, 0.05) is 18.4 Å². The maximum absolute atomic E-state index is 3.38. The quantitative estimate of drug-likeness (QED) is 0.808. The fraction of sp³-hybridized carbons (Fsp3) is 0.750. The summed E-state index contributed by atoms with van der Waals surface area (Å²) in [6.45, 7) is 13.6. The lowest BCUT2D eigenvalue weighted by Gasteiger charge is -2.24. The van der Waals surface area contributed by atoms with Crippen molar-refractivity contribution in [1.29, 1.82) is 0 Å². The summed E-state index contributed by atoms with van der Waals surface area (Å²) in [6.07, 6.45) is 2.54. The molecule has 1 aromatic heterocycles. The standard InChI is InChI=1S/C9H15N.C7H15N/c1-5-9-7(2)6-8(3)10(9)4;1-6-3-7(2)5-8-4-6/h6H,5H2,1-4H3;6-8H,3-5H2,1-2H3. The lowest BCUT2D eigenvalue weighted by molar-refractivity contribution is 0.321. The van der Waals surface area contributed by atoms with Gasteiger partial charge in [-0.1, -0.05) is 20.8 Å². The topological polar surface area (TPSA) is 17.0 Å². The van der Waals surface area contributed by atoms with Gasteiger partial charge in [0.1, 0.15) is 0 Å². The van der Waals surface area contributed by atoms with Gasteiger partial charge in [-0.05, 0) is 63.2 Å². The van der Waals surface area contributed by atoms with Gasteiger partial charge in [0.05, 0.1) is 0 Å². The summed E-state index contributed by atoms with van der Waals surface area (Å²) in [5.41, 5.74) is 4.23. The molecule has 0 amide bonds. The second kappa shape index (κ2) is 6.98. The second-order valence-corrected chi connectivity index (χ2v) is 5.93. The van der Waals surface area contributed by atoms with Crippen molar-refractivity contribution in [2.45, 2.75) is 47.5 Å². The molecule has 0 aromatic carbocycles. The molecule has 0 spiro atoms. The van der Waals surface area contributed by atoms with E-state index in [4.69, 9.17) is 0 Å². The first-order valence-corrected chi connectivity index (χ1v) is 7.28. The average molecular weight is 250 g/mol. The third-order valence-corrected chi connectivity index (χ3v) is 3.94. The van der Waals surface area contributed by atoms with Crippen molar-refractivity contribution in [2.24, 2.45) is 18.9 Å². The van der Waals surface area contributed by atoms with Crippen LogP contribution in [0.4, 0.5) is 0 Å². The number of hydrogen-bond acceptors (Lipinski definition) is 1. The minimum Gasteiger partial charge on any atom is -0.352 e. The molecule has 2 heteroatoms. The molecule has 2 atom stereocenters. The lowest BCUT2D eigenvalue weighted by atomic mass is 9.94. The third kappa shape index (κ3) is 4.16. The van der Waals surface area contributed by atoms with Gasteiger partial charge in [0.15, 0.2) is 0 Å². The first kappa shape index (κ1) is 15.3. The number of piperidine rings is 1. The lowest BCUT2D eigenvalue weighted by Crippen LogP contribution is -2.33. The van der Waals surface area contributed by atoms with E-state index in [9.17, 15) is 0 Å². The van der Waals surface area contributed by atoms with Gasteiger partial charge in [-0.3, -0.25) is 0 Å². The molecular formula is C16H30N2. The highest BCUT2D eigenvalue weighted by atomic mass is 14.9. The number of rotatable bonds is 1. The van der Waals surface area contributed by atoms with Crippen molar-refractivity contribution in [1.82, 2.24) is 9.88 Å². The van der Waals surface area contributed by atoms with E-state index in [1.807, 2.05) is 0 Å². The molecule has 1 N–H and O–H groups in total. The van der Waals surface area contributed by atoms with Crippen LogP contribution in [0.15, 0.2) is 6.07 Å². The van der Waals surface area contributed by atoms with E-state index < -0.39 is 0 Å². The predicted octanol–water partition coefficient (Wildman–Crippen LogP) is 3.46.